The molecule has 0 unspecified atom stereocenters. The molecule has 108 valence electrons. The maximum absolute atomic E-state index is 11.1. The van der Waals surface area contributed by atoms with Crippen LogP contribution in [0.5, 0.6) is 0 Å². The highest BCUT2D eigenvalue weighted by atomic mass is 32.2. The molecule has 0 aliphatic carbocycles. The van der Waals surface area contributed by atoms with E-state index in [-0.39, 0.29) is 0 Å². The van der Waals surface area contributed by atoms with Gasteiger partial charge < -0.3 is 4.98 Å². The molecular weight excluding hydrogens is 286 g/mol. The summed E-state index contributed by atoms with van der Waals surface area (Å²) < 4.78 is 24.6. The molecule has 21 heavy (non-hydrogen) atoms. The number of aromatic amines is 1. The van der Waals surface area contributed by atoms with Gasteiger partial charge >= 0.3 is 0 Å². The van der Waals surface area contributed by atoms with Gasteiger partial charge in [-0.05, 0) is 28.8 Å². The SMILES string of the molecule is CS(=O)(=O)NCc1ccc(-c2ccc3nc[nH]c3c2)cc1. The highest BCUT2D eigenvalue weighted by molar-refractivity contribution is 7.88. The number of benzene rings is 2. The fourth-order valence-electron chi connectivity index (χ4n) is 2.14. The average molecular weight is 301 g/mol. The summed E-state index contributed by atoms with van der Waals surface area (Å²) >= 11 is 0. The molecule has 0 aliphatic heterocycles. The topological polar surface area (TPSA) is 74.8 Å². The Labute approximate surface area is 123 Å². The van der Waals surface area contributed by atoms with Crippen molar-refractivity contribution in [3.05, 3.63) is 54.4 Å². The minimum atomic E-state index is -3.16. The molecule has 0 atom stereocenters. The lowest BCUT2D eigenvalue weighted by atomic mass is 10.0. The summed E-state index contributed by atoms with van der Waals surface area (Å²) in [4.78, 5) is 7.28. The molecule has 3 aromatic rings. The van der Waals surface area contributed by atoms with Crippen LogP contribution in [0.3, 0.4) is 0 Å². The number of sulfonamides is 1. The molecule has 5 nitrogen and oxygen atoms in total. The number of aromatic nitrogens is 2. The van der Waals surface area contributed by atoms with E-state index in [1.54, 1.807) is 6.33 Å². The average Bonchev–Trinajstić information content (AvgIpc) is 2.92. The second-order valence-corrected chi connectivity index (χ2v) is 6.76. The number of hydrogen-bond donors (Lipinski definition) is 2. The number of nitrogens with one attached hydrogen (secondary N) is 2. The van der Waals surface area contributed by atoms with E-state index < -0.39 is 10.0 Å². The van der Waals surface area contributed by atoms with E-state index in [9.17, 15) is 8.42 Å². The lowest BCUT2D eigenvalue weighted by Crippen LogP contribution is -2.21. The highest BCUT2D eigenvalue weighted by Gasteiger charge is 2.03. The molecule has 0 amide bonds. The first-order chi connectivity index (χ1) is 10.0. The van der Waals surface area contributed by atoms with Gasteiger partial charge in [0.2, 0.25) is 10.0 Å². The summed E-state index contributed by atoms with van der Waals surface area (Å²) in [5.41, 5.74) is 5.03. The van der Waals surface area contributed by atoms with Crippen LogP contribution in [0.4, 0.5) is 0 Å². The predicted octanol–water partition coefficient (Wildman–Crippen LogP) is 2.28. The Hall–Kier alpha value is -2.18. The number of fused-ring (bicyclic) bond motifs is 1. The monoisotopic (exact) mass is 301 g/mol. The van der Waals surface area contributed by atoms with Crippen molar-refractivity contribution in [2.75, 3.05) is 6.26 Å². The third-order valence-corrected chi connectivity index (χ3v) is 3.91. The van der Waals surface area contributed by atoms with Crippen LogP contribution >= 0.6 is 0 Å². The zero-order valence-electron chi connectivity index (χ0n) is 11.5. The second-order valence-electron chi connectivity index (χ2n) is 4.92. The van der Waals surface area contributed by atoms with Gasteiger partial charge in [0.1, 0.15) is 0 Å². The summed E-state index contributed by atoms with van der Waals surface area (Å²) in [6.45, 7) is 0.304. The fraction of sp³-hybridized carbons (Fsp3) is 0.133. The lowest BCUT2D eigenvalue weighted by molar-refractivity contribution is 0.587. The van der Waals surface area contributed by atoms with Crippen LogP contribution < -0.4 is 4.72 Å². The molecule has 0 fully saturated rings. The Morgan fingerprint density at radius 2 is 1.81 bits per heavy atom. The molecule has 0 aliphatic rings. The Morgan fingerprint density at radius 1 is 1.10 bits per heavy atom. The van der Waals surface area contributed by atoms with Gasteiger partial charge in [-0.1, -0.05) is 30.3 Å². The van der Waals surface area contributed by atoms with Gasteiger partial charge in [-0.25, -0.2) is 18.1 Å². The van der Waals surface area contributed by atoms with Crippen molar-refractivity contribution in [3.8, 4) is 11.1 Å². The third kappa shape index (κ3) is 3.29. The molecule has 0 bridgehead atoms. The first kappa shape index (κ1) is 13.8. The highest BCUT2D eigenvalue weighted by Crippen LogP contribution is 2.23. The molecular formula is C15H15N3O2S. The van der Waals surface area contributed by atoms with Gasteiger partial charge in [-0.3, -0.25) is 0 Å². The molecule has 0 radical (unpaired) electrons. The van der Waals surface area contributed by atoms with E-state index in [1.165, 1.54) is 0 Å². The van der Waals surface area contributed by atoms with Crippen LogP contribution in [0.1, 0.15) is 5.56 Å². The van der Waals surface area contributed by atoms with Crippen molar-refractivity contribution in [1.82, 2.24) is 14.7 Å². The van der Waals surface area contributed by atoms with E-state index >= 15 is 0 Å². The first-order valence-corrected chi connectivity index (χ1v) is 8.37. The summed E-state index contributed by atoms with van der Waals surface area (Å²) in [6, 6.07) is 13.8. The number of H-pyrrole nitrogens is 1. The minimum Gasteiger partial charge on any atom is -0.345 e. The van der Waals surface area contributed by atoms with Crippen molar-refractivity contribution >= 4 is 21.1 Å². The largest absolute Gasteiger partial charge is 0.345 e. The smallest absolute Gasteiger partial charge is 0.209 e. The Bertz CT molecular complexity index is 867. The summed E-state index contributed by atoms with van der Waals surface area (Å²) in [5, 5.41) is 0. The van der Waals surface area contributed by atoms with Crippen LogP contribution in [0.2, 0.25) is 0 Å². The molecule has 0 saturated heterocycles. The van der Waals surface area contributed by atoms with Crippen molar-refractivity contribution in [1.29, 1.82) is 0 Å². The quantitative estimate of drug-likeness (QED) is 0.776. The van der Waals surface area contributed by atoms with Crippen molar-refractivity contribution in [2.45, 2.75) is 6.54 Å². The van der Waals surface area contributed by atoms with Crippen LogP contribution in [-0.4, -0.2) is 24.6 Å². The third-order valence-electron chi connectivity index (χ3n) is 3.25. The standard InChI is InChI=1S/C15H15N3O2S/c1-21(19,20)18-9-11-2-4-12(5-3-11)13-6-7-14-15(8-13)17-10-16-14/h2-8,10,18H,9H2,1H3,(H,16,17). The lowest BCUT2D eigenvalue weighted by Gasteiger charge is -2.05. The molecule has 6 heteroatoms. The Morgan fingerprint density at radius 3 is 2.52 bits per heavy atom. The number of hydrogen-bond acceptors (Lipinski definition) is 3. The summed E-state index contributed by atoms with van der Waals surface area (Å²) in [5.74, 6) is 0. The summed E-state index contributed by atoms with van der Waals surface area (Å²) in [7, 11) is -3.16. The molecule has 0 spiro atoms. The maximum atomic E-state index is 11.1. The number of nitrogens with zero attached hydrogens (tertiary/aromatic N) is 1. The van der Waals surface area contributed by atoms with Gasteiger partial charge in [0, 0.05) is 6.54 Å². The van der Waals surface area contributed by atoms with Gasteiger partial charge in [0.05, 0.1) is 23.6 Å². The molecule has 2 aromatic carbocycles. The molecule has 3 rings (SSSR count). The number of rotatable bonds is 4. The zero-order valence-corrected chi connectivity index (χ0v) is 12.3. The molecule has 1 heterocycles. The maximum Gasteiger partial charge on any atom is 0.209 e. The molecule has 1 aromatic heterocycles. The van der Waals surface area contributed by atoms with E-state index in [1.807, 2.05) is 42.5 Å². The van der Waals surface area contributed by atoms with E-state index in [2.05, 4.69) is 14.7 Å². The Balaban J connectivity index is 1.83. The van der Waals surface area contributed by atoms with Crippen LogP contribution in [0.25, 0.3) is 22.2 Å². The minimum absolute atomic E-state index is 0.304. The normalized spacial score (nSPS) is 11.9. The summed E-state index contributed by atoms with van der Waals surface area (Å²) in [6.07, 6.45) is 2.83. The van der Waals surface area contributed by atoms with Gasteiger partial charge in [-0.2, -0.15) is 0 Å². The van der Waals surface area contributed by atoms with Crippen LogP contribution in [0, 0.1) is 0 Å². The van der Waals surface area contributed by atoms with Crippen molar-refractivity contribution in [3.63, 3.8) is 0 Å². The van der Waals surface area contributed by atoms with E-state index in [0.29, 0.717) is 6.54 Å². The molecule has 2 N–H and O–H groups in total. The van der Waals surface area contributed by atoms with Crippen LogP contribution in [-0.2, 0) is 16.6 Å². The predicted molar refractivity (Wildman–Crippen MR) is 83.2 cm³/mol. The van der Waals surface area contributed by atoms with Crippen LogP contribution in [0.15, 0.2) is 48.8 Å². The Kier molecular flexibility index (Phi) is 3.48. The van der Waals surface area contributed by atoms with Gasteiger partial charge in [0.25, 0.3) is 0 Å². The fourth-order valence-corrected chi connectivity index (χ4v) is 2.57. The van der Waals surface area contributed by atoms with E-state index in [4.69, 9.17) is 0 Å². The van der Waals surface area contributed by atoms with Gasteiger partial charge in [0.15, 0.2) is 0 Å². The van der Waals surface area contributed by atoms with E-state index in [0.717, 1.165) is 34.0 Å². The van der Waals surface area contributed by atoms with Crippen molar-refractivity contribution < 1.29 is 8.42 Å². The number of imidazole rings is 1. The second kappa shape index (κ2) is 5.31. The van der Waals surface area contributed by atoms with Gasteiger partial charge in [-0.15, -0.1) is 0 Å². The first-order valence-electron chi connectivity index (χ1n) is 6.48. The zero-order chi connectivity index (χ0) is 14.9. The molecule has 0 saturated carbocycles. The van der Waals surface area contributed by atoms with Crippen molar-refractivity contribution in [2.24, 2.45) is 0 Å².